The fraction of sp³-hybridized carbons (Fsp3) is 0.158. The Kier molecular flexibility index (Phi) is 3.75. The van der Waals surface area contributed by atoms with Gasteiger partial charge in [0.1, 0.15) is 5.52 Å². The summed E-state index contributed by atoms with van der Waals surface area (Å²) in [6, 6.07) is 18.6. The molecule has 0 radical (unpaired) electrons. The number of oxazole rings is 1. The Labute approximate surface area is 139 Å². The van der Waals surface area contributed by atoms with Gasteiger partial charge in [-0.2, -0.15) is 10.1 Å². The third-order valence-electron chi connectivity index (χ3n) is 3.97. The summed E-state index contributed by atoms with van der Waals surface area (Å²) in [6.45, 7) is 2.83. The summed E-state index contributed by atoms with van der Waals surface area (Å²) in [7, 11) is 0. The zero-order valence-electron chi connectivity index (χ0n) is 13.4. The first kappa shape index (κ1) is 14.5. The molecule has 120 valence electrons. The molecule has 2 aromatic heterocycles. The molecule has 1 N–H and O–H groups in total. The first-order valence-corrected chi connectivity index (χ1v) is 7.96. The number of fused-ring (bicyclic) bond motifs is 1. The number of anilines is 1. The summed E-state index contributed by atoms with van der Waals surface area (Å²) in [4.78, 5) is 4.45. The summed E-state index contributed by atoms with van der Waals surface area (Å²) in [5, 5.41) is 7.74. The van der Waals surface area contributed by atoms with Gasteiger partial charge in [0.15, 0.2) is 5.58 Å². The maximum Gasteiger partial charge on any atom is 0.296 e. The smallest absolute Gasteiger partial charge is 0.296 e. The van der Waals surface area contributed by atoms with Gasteiger partial charge in [0.05, 0.1) is 18.8 Å². The normalized spacial score (nSPS) is 12.4. The zero-order chi connectivity index (χ0) is 16.4. The van der Waals surface area contributed by atoms with Crippen LogP contribution in [0.3, 0.4) is 0 Å². The molecular formula is C19H18N4O. The van der Waals surface area contributed by atoms with Crippen molar-refractivity contribution in [1.29, 1.82) is 0 Å². The molecular weight excluding hydrogens is 300 g/mol. The monoisotopic (exact) mass is 318 g/mol. The molecule has 2 heterocycles. The van der Waals surface area contributed by atoms with E-state index >= 15 is 0 Å². The fourth-order valence-corrected chi connectivity index (χ4v) is 2.66. The average Bonchev–Trinajstić information content (AvgIpc) is 3.22. The molecule has 0 aliphatic heterocycles. The van der Waals surface area contributed by atoms with Gasteiger partial charge in [0.25, 0.3) is 6.01 Å². The van der Waals surface area contributed by atoms with E-state index in [2.05, 4.69) is 34.5 Å². The highest BCUT2D eigenvalue weighted by atomic mass is 16.4. The molecule has 0 saturated carbocycles. The lowest BCUT2D eigenvalue weighted by molar-refractivity contribution is 0.604. The summed E-state index contributed by atoms with van der Waals surface area (Å²) in [6.07, 6.45) is 3.93. The molecule has 0 bridgehead atoms. The van der Waals surface area contributed by atoms with E-state index in [1.165, 1.54) is 5.56 Å². The number of nitrogens with one attached hydrogen (secondary N) is 1. The second-order valence-corrected chi connectivity index (χ2v) is 5.81. The van der Waals surface area contributed by atoms with Crippen LogP contribution < -0.4 is 5.32 Å². The minimum Gasteiger partial charge on any atom is -0.424 e. The van der Waals surface area contributed by atoms with Gasteiger partial charge in [0.2, 0.25) is 0 Å². The van der Waals surface area contributed by atoms with E-state index in [9.17, 15) is 0 Å². The number of hydrogen-bond donors (Lipinski definition) is 1. The Balaban J connectivity index is 1.47. The minimum atomic E-state index is 0.0579. The third kappa shape index (κ3) is 3.01. The molecule has 4 rings (SSSR count). The molecule has 5 heteroatoms. The number of hydrogen-bond acceptors (Lipinski definition) is 4. The predicted octanol–water partition coefficient (Wildman–Crippen LogP) is 4.25. The summed E-state index contributed by atoms with van der Waals surface area (Å²) in [5.74, 6) is 0. The number of rotatable bonds is 5. The molecule has 0 aliphatic carbocycles. The largest absolute Gasteiger partial charge is 0.424 e. The molecule has 5 nitrogen and oxygen atoms in total. The van der Waals surface area contributed by atoms with Gasteiger partial charge >= 0.3 is 0 Å². The maximum atomic E-state index is 5.71. The van der Waals surface area contributed by atoms with Crippen LogP contribution in [-0.4, -0.2) is 14.8 Å². The maximum absolute atomic E-state index is 5.71. The molecule has 2 aromatic carbocycles. The predicted molar refractivity (Wildman–Crippen MR) is 93.8 cm³/mol. The van der Waals surface area contributed by atoms with E-state index < -0.39 is 0 Å². The van der Waals surface area contributed by atoms with Crippen LogP contribution in [0.2, 0.25) is 0 Å². The number of aromatic nitrogens is 3. The van der Waals surface area contributed by atoms with Crippen molar-refractivity contribution in [3.8, 4) is 0 Å². The van der Waals surface area contributed by atoms with Crippen LogP contribution >= 0.6 is 0 Å². The van der Waals surface area contributed by atoms with Crippen LogP contribution in [0.25, 0.3) is 11.1 Å². The second kappa shape index (κ2) is 6.20. The highest BCUT2D eigenvalue weighted by molar-refractivity contribution is 5.74. The van der Waals surface area contributed by atoms with Crippen LogP contribution in [0, 0.1) is 0 Å². The topological polar surface area (TPSA) is 55.9 Å². The third-order valence-corrected chi connectivity index (χ3v) is 3.97. The molecule has 0 aliphatic rings. The van der Waals surface area contributed by atoms with Crippen LogP contribution in [0.1, 0.15) is 24.1 Å². The van der Waals surface area contributed by atoms with Gasteiger partial charge in [-0.1, -0.05) is 42.5 Å². The van der Waals surface area contributed by atoms with E-state index in [1.807, 2.05) is 59.5 Å². The fourth-order valence-electron chi connectivity index (χ4n) is 2.66. The van der Waals surface area contributed by atoms with Crippen molar-refractivity contribution >= 4 is 17.1 Å². The van der Waals surface area contributed by atoms with Crippen molar-refractivity contribution in [2.45, 2.75) is 19.5 Å². The molecule has 24 heavy (non-hydrogen) atoms. The first-order chi connectivity index (χ1) is 11.8. The van der Waals surface area contributed by atoms with E-state index in [0.29, 0.717) is 6.01 Å². The minimum absolute atomic E-state index is 0.0579. The Bertz CT molecular complexity index is 909. The van der Waals surface area contributed by atoms with Crippen molar-refractivity contribution in [1.82, 2.24) is 14.8 Å². The van der Waals surface area contributed by atoms with Gasteiger partial charge in [-0.3, -0.25) is 4.68 Å². The number of benzene rings is 2. The van der Waals surface area contributed by atoms with E-state index in [4.69, 9.17) is 4.42 Å². The molecule has 4 aromatic rings. The highest BCUT2D eigenvalue weighted by Crippen LogP contribution is 2.22. The summed E-state index contributed by atoms with van der Waals surface area (Å²) >= 11 is 0. The summed E-state index contributed by atoms with van der Waals surface area (Å²) < 4.78 is 7.65. The quantitative estimate of drug-likeness (QED) is 0.598. The van der Waals surface area contributed by atoms with Crippen LogP contribution in [0.15, 0.2) is 71.4 Å². The number of nitrogens with zero attached hydrogens (tertiary/aromatic N) is 3. The van der Waals surface area contributed by atoms with Gasteiger partial charge in [0, 0.05) is 11.8 Å². The molecule has 0 fully saturated rings. The van der Waals surface area contributed by atoms with Crippen molar-refractivity contribution in [3.05, 3.63) is 78.1 Å². The Morgan fingerprint density at radius 2 is 1.88 bits per heavy atom. The Morgan fingerprint density at radius 3 is 2.71 bits per heavy atom. The van der Waals surface area contributed by atoms with Crippen LogP contribution in [0.5, 0.6) is 0 Å². The lowest BCUT2D eigenvalue weighted by Crippen LogP contribution is -2.06. The van der Waals surface area contributed by atoms with E-state index in [0.717, 1.165) is 23.2 Å². The Morgan fingerprint density at radius 1 is 1.08 bits per heavy atom. The van der Waals surface area contributed by atoms with Crippen molar-refractivity contribution < 1.29 is 4.42 Å². The average molecular weight is 318 g/mol. The van der Waals surface area contributed by atoms with E-state index in [1.54, 1.807) is 0 Å². The first-order valence-electron chi connectivity index (χ1n) is 7.96. The molecule has 0 saturated heterocycles. The standard InChI is InChI=1S/C19H18N4O/c1-14(21-19-22-17-9-5-6-10-18(17)24-19)16-11-20-23(13-16)12-15-7-3-2-4-8-15/h2-11,13-14H,12H2,1H3,(H,21,22). The lowest BCUT2D eigenvalue weighted by Gasteiger charge is -2.09. The zero-order valence-corrected chi connectivity index (χ0v) is 13.4. The number of para-hydroxylation sites is 2. The second-order valence-electron chi connectivity index (χ2n) is 5.81. The molecule has 0 amide bonds. The van der Waals surface area contributed by atoms with Crippen LogP contribution in [-0.2, 0) is 6.54 Å². The molecule has 1 atom stereocenters. The van der Waals surface area contributed by atoms with Gasteiger partial charge in [-0.15, -0.1) is 0 Å². The SMILES string of the molecule is CC(Nc1nc2ccccc2o1)c1cnn(Cc2ccccc2)c1. The van der Waals surface area contributed by atoms with Gasteiger partial charge in [-0.05, 0) is 24.6 Å². The van der Waals surface area contributed by atoms with Crippen molar-refractivity contribution in [3.63, 3.8) is 0 Å². The highest BCUT2D eigenvalue weighted by Gasteiger charge is 2.12. The van der Waals surface area contributed by atoms with Crippen molar-refractivity contribution in [2.24, 2.45) is 0 Å². The van der Waals surface area contributed by atoms with Gasteiger partial charge in [-0.25, -0.2) is 0 Å². The Hall–Kier alpha value is -3.08. The molecule has 0 spiro atoms. The lowest BCUT2D eigenvalue weighted by atomic mass is 10.2. The molecule has 1 unspecified atom stereocenters. The summed E-state index contributed by atoms with van der Waals surface area (Å²) in [5.41, 5.74) is 3.96. The van der Waals surface area contributed by atoms with E-state index in [-0.39, 0.29) is 6.04 Å². The van der Waals surface area contributed by atoms with Gasteiger partial charge < -0.3 is 9.73 Å². The van der Waals surface area contributed by atoms with Crippen molar-refractivity contribution in [2.75, 3.05) is 5.32 Å². The van der Waals surface area contributed by atoms with Crippen LogP contribution in [0.4, 0.5) is 6.01 Å².